The second kappa shape index (κ2) is 5.48. The quantitative estimate of drug-likeness (QED) is 0.882. The summed E-state index contributed by atoms with van der Waals surface area (Å²) in [5, 5.41) is 10.7. The summed E-state index contributed by atoms with van der Waals surface area (Å²) < 4.78 is 0.991. The Kier molecular flexibility index (Phi) is 4.12. The Labute approximate surface area is 123 Å². The van der Waals surface area contributed by atoms with E-state index < -0.39 is 5.60 Å². The van der Waals surface area contributed by atoms with E-state index in [0.717, 1.165) is 10.0 Å². The number of hydrogen-bond acceptors (Lipinski definition) is 1. The first-order valence-corrected chi connectivity index (χ1v) is 7.22. The monoisotopic (exact) mass is 318 g/mol. The van der Waals surface area contributed by atoms with Crippen molar-refractivity contribution in [3.63, 3.8) is 0 Å². The average Bonchev–Trinajstić information content (AvgIpc) is 2.26. The summed E-state index contributed by atoms with van der Waals surface area (Å²) in [6.07, 6.45) is 0.617. The Bertz CT molecular complexity index is 567. The van der Waals surface area contributed by atoms with Crippen molar-refractivity contribution in [3.05, 3.63) is 69.2 Å². The lowest BCUT2D eigenvalue weighted by Gasteiger charge is -2.24. The van der Waals surface area contributed by atoms with Gasteiger partial charge in [0, 0.05) is 10.9 Å². The van der Waals surface area contributed by atoms with Crippen LogP contribution in [0.4, 0.5) is 0 Å². The molecule has 1 N–H and O–H groups in total. The van der Waals surface area contributed by atoms with Gasteiger partial charge in [-0.15, -0.1) is 0 Å². The largest absolute Gasteiger partial charge is 0.385 e. The summed E-state index contributed by atoms with van der Waals surface area (Å²) in [6.45, 7) is 6.04. The predicted molar refractivity (Wildman–Crippen MR) is 83.3 cm³/mol. The van der Waals surface area contributed by atoms with Crippen molar-refractivity contribution in [2.45, 2.75) is 32.8 Å². The summed E-state index contributed by atoms with van der Waals surface area (Å²) >= 11 is 3.45. The smallest absolute Gasteiger partial charge is 0.0909 e. The molecule has 0 heterocycles. The first-order valence-electron chi connectivity index (χ1n) is 6.42. The van der Waals surface area contributed by atoms with E-state index >= 15 is 0 Å². The molecule has 0 fully saturated rings. The molecule has 1 unspecified atom stereocenters. The van der Waals surface area contributed by atoms with Gasteiger partial charge in [0.05, 0.1) is 5.60 Å². The number of benzene rings is 2. The molecule has 0 saturated heterocycles. The first kappa shape index (κ1) is 14.3. The summed E-state index contributed by atoms with van der Waals surface area (Å²) in [4.78, 5) is 0. The third kappa shape index (κ3) is 3.68. The Hall–Kier alpha value is -1.12. The fourth-order valence-electron chi connectivity index (χ4n) is 2.49. The van der Waals surface area contributed by atoms with Crippen molar-refractivity contribution >= 4 is 15.9 Å². The minimum atomic E-state index is -0.857. The maximum atomic E-state index is 10.7. The third-order valence-electron chi connectivity index (χ3n) is 3.28. The maximum absolute atomic E-state index is 10.7. The highest BCUT2D eigenvalue weighted by Gasteiger charge is 2.23. The summed E-state index contributed by atoms with van der Waals surface area (Å²) in [5.74, 6) is 0. The molecule has 0 aliphatic rings. The zero-order valence-electron chi connectivity index (χ0n) is 11.6. The van der Waals surface area contributed by atoms with Gasteiger partial charge >= 0.3 is 0 Å². The topological polar surface area (TPSA) is 20.2 Å². The van der Waals surface area contributed by atoms with Gasteiger partial charge in [-0.05, 0) is 44.0 Å². The highest BCUT2D eigenvalue weighted by atomic mass is 79.9. The molecule has 19 heavy (non-hydrogen) atoms. The maximum Gasteiger partial charge on any atom is 0.0909 e. The molecule has 0 aromatic heterocycles. The number of aryl methyl sites for hydroxylation is 2. The van der Waals surface area contributed by atoms with Crippen LogP contribution in [0.3, 0.4) is 0 Å². The van der Waals surface area contributed by atoms with Gasteiger partial charge in [0.2, 0.25) is 0 Å². The van der Waals surface area contributed by atoms with Crippen LogP contribution in [-0.2, 0) is 12.0 Å². The van der Waals surface area contributed by atoms with E-state index in [4.69, 9.17) is 0 Å². The van der Waals surface area contributed by atoms with Crippen LogP contribution in [0.5, 0.6) is 0 Å². The standard InChI is InChI=1S/C17H19BrO/c1-12-7-13(2)9-14(8-12)11-17(3,19)15-5-4-6-16(18)10-15/h4-10,19H,11H2,1-3H3. The van der Waals surface area contributed by atoms with E-state index in [1.165, 1.54) is 16.7 Å². The fraction of sp³-hybridized carbons (Fsp3) is 0.294. The Morgan fingerprint density at radius 3 is 2.26 bits per heavy atom. The lowest BCUT2D eigenvalue weighted by atomic mass is 9.88. The van der Waals surface area contributed by atoms with Gasteiger partial charge in [0.1, 0.15) is 0 Å². The average molecular weight is 319 g/mol. The van der Waals surface area contributed by atoms with Gasteiger partial charge in [-0.2, -0.15) is 0 Å². The van der Waals surface area contributed by atoms with Crippen molar-refractivity contribution < 1.29 is 5.11 Å². The Morgan fingerprint density at radius 1 is 1.05 bits per heavy atom. The van der Waals surface area contributed by atoms with Crippen molar-refractivity contribution in [2.24, 2.45) is 0 Å². The Morgan fingerprint density at radius 2 is 1.68 bits per heavy atom. The Balaban J connectivity index is 2.30. The number of aliphatic hydroxyl groups is 1. The van der Waals surface area contributed by atoms with Crippen LogP contribution in [-0.4, -0.2) is 5.11 Å². The molecule has 2 aromatic carbocycles. The van der Waals surface area contributed by atoms with Crippen LogP contribution in [0.2, 0.25) is 0 Å². The number of rotatable bonds is 3. The molecule has 100 valence electrons. The van der Waals surface area contributed by atoms with E-state index in [2.05, 4.69) is 48.0 Å². The predicted octanol–water partition coefficient (Wildman–Crippen LogP) is 4.52. The molecule has 0 aliphatic carbocycles. The van der Waals surface area contributed by atoms with Gasteiger partial charge in [0.25, 0.3) is 0 Å². The molecule has 2 heteroatoms. The van der Waals surface area contributed by atoms with Crippen LogP contribution >= 0.6 is 15.9 Å². The van der Waals surface area contributed by atoms with Crippen LogP contribution in [0.1, 0.15) is 29.2 Å². The molecular weight excluding hydrogens is 300 g/mol. The van der Waals surface area contributed by atoms with Crippen molar-refractivity contribution in [2.75, 3.05) is 0 Å². The van der Waals surface area contributed by atoms with Crippen molar-refractivity contribution in [1.82, 2.24) is 0 Å². The third-order valence-corrected chi connectivity index (χ3v) is 3.77. The molecule has 2 aromatic rings. The van der Waals surface area contributed by atoms with Crippen LogP contribution in [0.15, 0.2) is 46.9 Å². The summed E-state index contributed by atoms with van der Waals surface area (Å²) in [5.41, 5.74) is 3.72. The van der Waals surface area contributed by atoms with E-state index in [-0.39, 0.29) is 0 Å². The number of hydrogen-bond donors (Lipinski definition) is 1. The highest BCUT2D eigenvalue weighted by molar-refractivity contribution is 9.10. The zero-order chi connectivity index (χ0) is 14.0. The minimum absolute atomic E-state index is 0.617. The molecular formula is C17H19BrO. The van der Waals surface area contributed by atoms with E-state index in [0.29, 0.717) is 6.42 Å². The van der Waals surface area contributed by atoms with Gasteiger partial charge in [-0.25, -0.2) is 0 Å². The molecule has 0 amide bonds. The molecule has 2 rings (SSSR count). The lowest BCUT2D eigenvalue weighted by molar-refractivity contribution is 0.0575. The van der Waals surface area contributed by atoms with Crippen LogP contribution in [0.25, 0.3) is 0 Å². The normalized spacial score (nSPS) is 14.2. The number of halogens is 1. The molecule has 0 spiro atoms. The molecule has 1 atom stereocenters. The van der Waals surface area contributed by atoms with Crippen molar-refractivity contribution in [3.8, 4) is 0 Å². The SMILES string of the molecule is Cc1cc(C)cc(CC(C)(O)c2cccc(Br)c2)c1. The lowest BCUT2D eigenvalue weighted by Crippen LogP contribution is -2.24. The highest BCUT2D eigenvalue weighted by Crippen LogP contribution is 2.28. The van der Waals surface area contributed by atoms with Gasteiger partial charge < -0.3 is 5.11 Å². The summed E-state index contributed by atoms with van der Waals surface area (Å²) in [6, 6.07) is 14.3. The van der Waals surface area contributed by atoms with E-state index in [9.17, 15) is 5.11 Å². The minimum Gasteiger partial charge on any atom is -0.385 e. The molecule has 0 bridgehead atoms. The molecule has 0 saturated carbocycles. The van der Waals surface area contributed by atoms with E-state index in [1.54, 1.807) is 0 Å². The molecule has 1 nitrogen and oxygen atoms in total. The van der Waals surface area contributed by atoms with E-state index in [1.807, 2.05) is 31.2 Å². The first-order chi connectivity index (χ1) is 8.87. The second-order valence-electron chi connectivity index (χ2n) is 5.46. The van der Waals surface area contributed by atoms with Crippen LogP contribution < -0.4 is 0 Å². The van der Waals surface area contributed by atoms with Gasteiger partial charge in [0.15, 0.2) is 0 Å². The second-order valence-corrected chi connectivity index (χ2v) is 6.37. The fourth-order valence-corrected chi connectivity index (χ4v) is 2.89. The molecule has 0 radical (unpaired) electrons. The zero-order valence-corrected chi connectivity index (χ0v) is 13.2. The summed E-state index contributed by atoms with van der Waals surface area (Å²) in [7, 11) is 0. The molecule has 0 aliphatic heterocycles. The van der Waals surface area contributed by atoms with Crippen LogP contribution in [0, 0.1) is 13.8 Å². The van der Waals surface area contributed by atoms with Gasteiger partial charge in [-0.1, -0.05) is 57.4 Å². The van der Waals surface area contributed by atoms with Gasteiger partial charge in [-0.3, -0.25) is 0 Å². The van der Waals surface area contributed by atoms with Crippen molar-refractivity contribution in [1.29, 1.82) is 0 Å².